The number of benzene rings is 8. The minimum atomic E-state index is -0.179. The summed E-state index contributed by atoms with van der Waals surface area (Å²) in [4.78, 5) is 15.3. The van der Waals surface area contributed by atoms with E-state index in [4.69, 9.17) is 24.1 Å². The Labute approximate surface area is 334 Å². The summed E-state index contributed by atoms with van der Waals surface area (Å²) in [6.45, 7) is 0. The lowest BCUT2D eigenvalue weighted by Gasteiger charge is -2.24. The van der Waals surface area contributed by atoms with Gasteiger partial charge in [-0.25, -0.2) is 15.0 Å². The van der Waals surface area contributed by atoms with Gasteiger partial charge >= 0.3 is 0 Å². The number of furan rings is 1. The molecule has 272 valence electrons. The molecule has 12 rings (SSSR count). The van der Waals surface area contributed by atoms with E-state index in [1.807, 2.05) is 48.5 Å². The van der Waals surface area contributed by atoms with Gasteiger partial charge in [0, 0.05) is 44.5 Å². The molecular weight excluding hydrogens is 711 g/mol. The van der Waals surface area contributed by atoms with Crippen LogP contribution < -0.4 is 4.74 Å². The molecule has 2 atom stereocenters. The van der Waals surface area contributed by atoms with Gasteiger partial charge in [-0.15, -0.1) is 0 Å². The van der Waals surface area contributed by atoms with Gasteiger partial charge in [0.05, 0.1) is 0 Å². The van der Waals surface area contributed by atoms with Crippen LogP contribution in [0.5, 0.6) is 5.75 Å². The lowest BCUT2D eigenvalue weighted by atomic mass is 9.81. The molecule has 0 fully saturated rings. The minimum absolute atomic E-state index is 0.0284. The molecule has 0 N–H and O–H groups in total. The average molecular weight is 744 g/mol. The topological polar surface area (TPSA) is 61.0 Å². The van der Waals surface area contributed by atoms with E-state index in [2.05, 4.69) is 140 Å². The van der Waals surface area contributed by atoms with Crippen molar-refractivity contribution in [1.82, 2.24) is 15.0 Å². The SMILES string of the molecule is C1=CC2c3c(cccc3-c3cccc(-c4nc(-c5ccccc5)nc(-c5ccc6ccc7ccccc7c6c5)n4)c3)OC2C(c2cccc3oc4ccccc4c23)=C1. The second-order valence-electron chi connectivity index (χ2n) is 15.0. The van der Waals surface area contributed by atoms with Crippen LogP contribution in [0.15, 0.2) is 193 Å². The second kappa shape index (κ2) is 13.0. The molecule has 2 aromatic heterocycles. The first kappa shape index (κ1) is 32.6. The highest BCUT2D eigenvalue weighted by atomic mass is 16.5. The summed E-state index contributed by atoms with van der Waals surface area (Å²) in [5.74, 6) is 2.81. The molecular formula is C53H33N3O2. The van der Waals surface area contributed by atoms with Crippen LogP contribution in [0.1, 0.15) is 17.0 Å². The maximum absolute atomic E-state index is 6.90. The first-order valence-corrected chi connectivity index (χ1v) is 19.7. The largest absolute Gasteiger partial charge is 0.484 e. The van der Waals surface area contributed by atoms with Gasteiger partial charge in [0.25, 0.3) is 0 Å². The second-order valence-corrected chi connectivity index (χ2v) is 15.0. The van der Waals surface area contributed by atoms with Gasteiger partial charge in [-0.2, -0.15) is 0 Å². The van der Waals surface area contributed by atoms with E-state index < -0.39 is 0 Å². The zero-order valence-corrected chi connectivity index (χ0v) is 31.2. The van der Waals surface area contributed by atoms with Crippen LogP contribution in [-0.2, 0) is 0 Å². The summed E-state index contributed by atoms with van der Waals surface area (Å²) in [6, 6.07) is 59.0. The summed E-state index contributed by atoms with van der Waals surface area (Å²) < 4.78 is 13.2. The van der Waals surface area contributed by atoms with Crippen molar-refractivity contribution in [3.8, 4) is 51.0 Å². The van der Waals surface area contributed by atoms with Crippen LogP contribution in [0.2, 0.25) is 0 Å². The smallest absolute Gasteiger partial charge is 0.164 e. The van der Waals surface area contributed by atoms with E-state index in [0.717, 1.165) is 66.6 Å². The van der Waals surface area contributed by atoms with Crippen LogP contribution in [-0.4, -0.2) is 21.1 Å². The summed E-state index contributed by atoms with van der Waals surface area (Å²) in [7, 11) is 0. The maximum Gasteiger partial charge on any atom is 0.164 e. The maximum atomic E-state index is 6.90. The average Bonchev–Trinajstić information content (AvgIpc) is 3.88. The van der Waals surface area contributed by atoms with Crippen molar-refractivity contribution >= 4 is 49.1 Å². The third kappa shape index (κ3) is 5.21. The number of rotatable bonds is 5. The van der Waals surface area contributed by atoms with Crippen molar-refractivity contribution < 1.29 is 9.15 Å². The highest BCUT2D eigenvalue weighted by Gasteiger charge is 2.39. The minimum Gasteiger partial charge on any atom is -0.484 e. The molecule has 0 amide bonds. The van der Waals surface area contributed by atoms with Gasteiger partial charge in [0.15, 0.2) is 17.5 Å². The number of hydrogen-bond acceptors (Lipinski definition) is 5. The van der Waals surface area contributed by atoms with Crippen molar-refractivity contribution in [2.75, 3.05) is 0 Å². The summed E-state index contributed by atoms with van der Waals surface area (Å²) in [5.41, 5.74) is 10.2. The Bertz CT molecular complexity index is 3340. The van der Waals surface area contributed by atoms with E-state index in [9.17, 15) is 0 Å². The Morgan fingerprint density at radius 1 is 0.448 bits per heavy atom. The Morgan fingerprint density at radius 3 is 1.97 bits per heavy atom. The Hall–Kier alpha value is -7.63. The zero-order valence-electron chi connectivity index (χ0n) is 31.2. The first-order chi connectivity index (χ1) is 28.7. The third-order valence-electron chi connectivity index (χ3n) is 11.7. The van der Waals surface area contributed by atoms with Crippen LogP contribution >= 0.6 is 0 Å². The fourth-order valence-corrected chi connectivity index (χ4v) is 9.01. The van der Waals surface area contributed by atoms with E-state index in [-0.39, 0.29) is 12.0 Å². The standard InChI is InChI=1S/C53H33N3O2/c1-2-13-34(14-3-1)51-54-52(56-53(55-51)37-29-28-33-27-26-32-12-4-5-17-38(32)44(33)31-37)36-16-8-15-35(30-36)39-19-10-25-47-48(39)43-22-9-21-41(50(43)58-47)40-20-11-24-46-49(40)42-18-6-7-23-45(42)57-46/h1-31,43,50H. The third-order valence-corrected chi connectivity index (χ3v) is 11.7. The highest BCUT2D eigenvalue weighted by Crippen LogP contribution is 2.51. The molecule has 0 spiro atoms. The molecule has 58 heavy (non-hydrogen) atoms. The molecule has 3 heterocycles. The van der Waals surface area contributed by atoms with Gasteiger partial charge in [-0.1, -0.05) is 158 Å². The molecule has 10 aromatic rings. The molecule has 1 aliphatic carbocycles. The molecule has 0 bridgehead atoms. The van der Waals surface area contributed by atoms with E-state index in [1.54, 1.807) is 0 Å². The Morgan fingerprint density at radius 2 is 1.09 bits per heavy atom. The number of fused-ring (bicyclic) bond motifs is 9. The lowest BCUT2D eigenvalue weighted by molar-refractivity contribution is 0.278. The van der Waals surface area contributed by atoms with E-state index >= 15 is 0 Å². The Kier molecular flexibility index (Phi) is 7.29. The molecule has 0 saturated heterocycles. The van der Waals surface area contributed by atoms with Gasteiger partial charge in [-0.3, -0.25) is 0 Å². The van der Waals surface area contributed by atoms with Crippen molar-refractivity contribution in [2.45, 2.75) is 12.0 Å². The molecule has 5 nitrogen and oxygen atoms in total. The fraction of sp³-hybridized carbons (Fsp3) is 0.0377. The number of ether oxygens (including phenoxy) is 1. The van der Waals surface area contributed by atoms with E-state index in [1.165, 1.54) is 27.1 Å². The zero-order chi connectivity index (χ0) is 38.2. The van der Waals surface area contributed by atoms with Crippen molar-refractivity contribution in [2.24, 2.45) is 0 Å². The molecule has 5 heteroatoms. The van der Waals surface area contributed by atoms with Gasteiger partial charge < -0.3 is 9.15 Å². The monoisotopic (exact) mass is 743 g/mol. The number of para-hydroxylation sites is 1. The van der Waals surface area contributed by atoms with Gasteiger partial charge in [0.2, 0.25) is 0 Å². The number of aromatic nitrogens is 3. The number of nitrogens with zero attached hydrogens (tertiary/aromatic N) is 3. The fourth-order valence-electron chi connectivity index (χ4n) is 9.01. The molecule has 2 aliphatic rings. The first-order valence-electron chi connectivity index (χ1n) is 19.7. The number of hydrogen-bond donors (Lipinski definition) is 0. The highest BCUT2D eigenvalue weighted by molar-refractivity contribution is 6.11. The summed E-state index contributed by atoms with van der Waals surface area (Å²) >= 11 is 0. The lowest BCUT2D eigenvalue weighted by Crippen LogP contribution is -2.21. The molecule has 8 aromatic carbocycles. The van der Waals surface area contributed by atoms with Gasteiger partial charge in [-0.05, 0) is 68.6 Å². The van der Waals surface area contributed by atoms with Gasteiger partial charge in [0.1, 0.15) is 23.0 Å². The van der Waals surface area contributed by atoms with Crippen LogP contribution in [0.25, 0.3) is 94.3 Å². The van der Waals surface area contributed by atoms with Crippen molar-refractivity contribution in [1.29, 1.82) is 0 Å². The predicted octanol–water partition coefficient (Wildman–Crippen LogP) is 13.2. The molecule has 1 aliphatic heterocycles. The summed E-state index contributed by atoms with van der Waals surface area (Å²) in [6.07, 6.45) is 6.47. The van der Waals surface area contributed by atoms with Crippen LogP contribution in [0.4, 0.5) is 0 Å². The van der Waals surface area contributed by atoms with Crippen molar-refractivity contribution in [3.05, 3.63) is 199 Å². The van der Waals surface area contributed by atoms with Crippen molar-refractivity contribution in [3.63, 3.8) is 0 Å². The number of allylic oxidation sites excluding steroid dienone is 2. The normalized spacial score (nSPS) is 15.8. The molecule has 2 unspecified atom stereocenters. The summed E-state index contributed by atoms with van der Waals surface area (Å²) in [5, 5.41) is 6.99. The van der Waals surface area contributed by atoms with Crippen LogP contribution in [0, 0.1) is 0 Å². The molecule has 0 radical (unpaired) electrons. The molecule has 0 saturated carbocycles. The van der Waals surface area contributed by atoms with Crippen LogP contribution in [0.3, 0.4) is 0 Å². The quantitative estimate of drug-likeness (QED) is 0.164. The predicted molar refractivity (Wildman–Crippen MR) is 235 cm³/mol. The van der Waals surface area contributed by atoms with E-state index in [0.29, 0.717) is 17.5 Å². The Balaban J connectivity index is 0.956.